The zero-order valence-electron chi connectivity index (χ0n) is 27.9. The smallest absolute Gasteiger partial charge is 0.254 e. The number of hydrogen-bond donors (Lipinski definition) is 1. The Morgan fingerprint density at radius 2 is 1.81 bits per heavy atom. The summed E-state index contributed by atoms with van der Waals surface area (Å²) in [6.45, 7) is 4.97. The van der Waals surface area contributed by atoms with Gasteiger partial charge in [-0.3, -0.25) is 9.59 Å². The molecule has 4 heterocycles. The number of amides is 2. The van der Waals surface area contributed by atoms with Gasteiger partial charge in [-0.1, -0.05) is 18.2 Å². The fourth-order valence-corrected chi connectivity index (χ4v) is 8.65. The molecule has 2 aliphatic carbocycles. The lowest BCUT2D eigenvalue weighted by Crippen LogP contribution is -2.43. The maximum absolute atomic E-state index is 13.8. The number of nitrogens with zero attached hydrogens (tertiary/aromatic N) is 5. The van der Waals surface area contributed by atoms with E-state index in [1.807, 2.05) is 35.9 Å². The SMILES string of the molecule is COc1cc(C(=O)N2C[C@H]3CC[C@@H]2[C@@H]3N)cc2nc(-c3cc4cccc(C5CCN(C(=O)C(C)OC)CC5)c4n3CC3CC3)n(C)c12. The molecule has 0 spiro atoms. The second kappa shape index (κ2) is 11.7. The molecule has 10 nitrogen and oxygen atoms in total. The molecule has 4 aromatic rings. The summed E-state index contributed by atoms with van der Waals surface area (Å²) in [7, 11) is 5.30. The highest BCUT2D eigenvalue weighted by atomic mass is 16.5. The molecule has 4 atom stereocenters. The van der Waals surface area contributed by atoms with Gasteiger partial charge in [0, 0.05) is 63.4 Å². The van der Waals surface area contributed by atoms with Crippen LogP contribution in [-0.2, 0) is 23.1 Å². The van der Waals surface area contributed by atoms with E-state index < -0.39 is 6.10 Å². The number of fused-ring (bicyclic) bond motifs is 4. The number of piperidine rings is 2. The van der Waals surface area contributed by atoms with E-state index in [0.29, 0.717) is 29.1 Å². The van der Waals surface area contributed by atoms with Crippen molar-refractivity contribution in [3.63, 3.8) is 0 Å². The lowest BCUT2D eigenvalue weighted by molar-refractivity contribution is -0.142. The van der Waals surface area contributed by atoms with E-state index in [1.165, 1.54) is 29.3 Å². The van der Waals surface area contributed by atoms with E-state index in [1.54, 1.807) is 14.2 Å². The minimum absolute atomic E-state index is 0.0111. The van der Waals surface area contributed by atoms with Crippen LogP contribution in [0.2, 0.25) is 0 Å². The molecule has 2 aromatic carbocycles. The van der Waals surface area contributed by atoms with Crippen LogP contribution in [0, 0.1) is 11.8 Å². The number of carbonyl (C=O) groups excluding carboxylic acids is 2. The summed E-state index contributed by atoms with van der Waals surface area (Å²) in [5.74, 6) is 3.01. The van der Waals surface area contributed by atoms with Gasteiger partial charge in [0.1, 0.15) is 17.4 Å². The number of benzene rings is 2. The third-order valence-corrected chi connectivity index (χ3v) is 11.6. The first-order valence-corrected chi connectivity index (χ1v) is 17.3. The minimum atomic E-state index is -0.414. The molecule has 248 valence electrons. The summed E-state index contributed by atoms with van der Waals surface area (Å²) >= 11 is 0. The van der Waals surface area contributed by atoms with Crippen molar-refractivity contribution in [2.45, 2.75) is 76.1 Å². The van der Waals surface area contributed by atoms with Crippen molar-refractivity contribution >= 4 is 33.8 Å². The van der Waals surface area contributed by atoms with Crippen LogP contribution in [0.5, 0.6) is 5.75 Å². The van der Waals surface area contributed by atoms with Crippen molar-refractivity contribution in [2.75, 3.05) is 33.9 Å². The van der Waals surface area contributed by atoms with Crippen LogP contribution in [0.25, 0.3) is 33.5 Å². The predicted octanol–water partition coefficient (Wildman–Crippen LogP) is 4.92. The highest BCUT2D eigenvalue weighted by Gasteiger charge is 2.47. The van der Waals surface area contributed by atoms with E-state index in [2.05, 4.69) is 33.4 Å². The molecule has 47 heavy (non-hydrogen) atoms. The molecule has 2 amide bonds. The minimum Gasteiger partial charge on any atom is -0.494 e. The Morgan fingerprint density at radius 3 is 2.47 bits per heavy atom. The number of ether oxygens (including phenoxy) is 2. The highest BCUT2D eigenvalue weighted by Crippen LogP contribution is 2.42. The quantitative estimate of drug-likeness (QED) is 0.294. The summed E-state index contributed by atoms with van der Waals surface area (Å²) in [6.07, 6.45) is 5.99. The number of aromatic nitrogens is 3. The van der Waals surface area contributed by atoms with Gasteiger partial charge in [-0.15, -0.1) is 0 Å². The van der Waals surface area contributed by atoms with Gasteiger partial charge in [0.05, 0.1) is 23.8 Å². The third-order valence-electron chi connectivity index (χ3n) is 11.6. The van der Waals surface area contributed by atoms with Crippen molar-refractivity contribution in [3.8, 4) is 17.3 Å². The number of nitrogens with two attached hydrogens (primary N) is 1. The summed E-state index contributed by atoms with van der Waals surface area (Å²) in [4.78, 5) is 35.7. The fourth-order valence-electron chi connectivity index (χ4n) is 8.65. The number of para-hydroxylation sites is 1. The summed E-state index contributed by atoms with van der Waals surface area (Å²) in [5, 5.41) is 1.21. The van der Waals surface area contributed by atoms with E-state index in [4.69, 9.17) is 20.2 Å². The van der Waals surface area contributed by atoms with Crippen LogP contribution >= 0.6 is 0 Å². The lowest BCUT2D eigenvalue weighted by atomic mass is 9.88. The van der Waals surface area contributed by atoms with Crippen molar-refractivity contribution in [1.29, 1.82) is 0 Å². The average Bonchev–Trinajstić information content (AvgIpc) is 3.49. The van der Waals surface area contributed by atoms with Gasteiger partial charge in [-0.2, -0.15) is 0 Å². The van der Waals surface area contributed by atoms with Crippen LogP contribution in [0.1, 0.15) is 67.3 Å². The van der Waals surface area contributed by atoms with Crippen molar-refractivity contribution in [2.24, 2.45) is 24.6 Å². The van der Waals surface area contributed by atoms with Crippen LogP contribution in [0.3, 0.4) is 0 Å². The Hall–Kier alpha value is -3.89. The van der Waals surface area contributed by atoms with E-state index >= 15 is 0 Å². The van der Waals surface area contributed by atoms with E-state index in [9.17, 15) is 9.59 Å². The molecule has 8 rings (SSSR count). The van der Waals surface area contributed by atoms with Gasteiger partial charge in [-0.25, -0.2) is 4.98 Å². The van der Waals surface area contributed by atoms with Crippen LogP contribution in [-0.4, -0.2) is 87.8 Å². The predicted molar refractivity (Wildman–Crippen MR) is 181 cm³/mol. The van der Waals surface area contributed by atoms with Gasteiger partial charge in [0.15, 0.2) is 5.82 Å². The molecule has 2 bridgehead atoms. The lowest BCUT2D eigenvalue weighted by Gasteiger charge is -2.34. The molecule has 2 saturated heterocycles. The van der Waals surface area contributed by atoms with Gasteiger partial charge >= 0.3 is 0 Å². The number of imidazole rings is 1. The van der Waals surface area contributed by atoms with Crippen LogP contribution in [0.15, 0.2) is 36.4 Å². The number of methoxy groups -OCH3 is 2. The van der Waals surface area contributed by atoms with Gasteiger partial charge < -0.3 is 34.1 Å². The number of likely N-dealkylation sites (tertiary alicyclic amines) is 2. The van der Waals surface area contributed by atoms with Gasteiger partial charge in [0.25, 0.3) is 11.8 Å². The van der Waals surface area contributed by atoms with Crippen LogP contribution in [0.4, 0.5) is 0 Å². The van der Waals surface area contributed by atoms with Gasteiger partial charge in [-0.05, 0) is 87.0 Å². The Kier molecular flexibility index (Phi) is 7.56. The maximum Gasteiger partial charge on any atom is 0.254 e. The monoisotopic (exact) mass is 638 g/mol. The van der Waals surface area contributed by atoms with Crippen molar-refractivity contribution in [1.82, 2.24) is 23.9 Å². The Bertz CT molecular complexity index is 1870. The van der Waals surface area contributed by atoms with Crippen LogP contribution < -0.4 is 10.5 Å². The molecule has 2 aliphatic heterocycles. The fraction of sp³-hybridized carbons (Fsp3) is 0.541. The Morgan fingerprint density at radius 1 is 1.02 bits per heavy atom. The first-order chi connectivity index (χ1) is 22.8. The highest BCUT2D eigenvalue weighted by molar-refractivity contribution is 6.00. The number of carbonyl (C=O) groups is 2. The summed E-state index contributed by atoms with van der Waals surface area (Å²) in [6, 6.07) is 12.9. The zero-order chi connectivity index (χ0) is 32.6. The Balaban J connectivity index is 1.17. The molecule has 0 radical (unpaired) electrons. The third kappa shape index (κ3) is 5.03. The van der Waals surface area contributed by atoms with E-state index in [0.717, 1.165) is 74.4 Å². The largest absolute Gasteiger partial charge is 0.494 e. The topological polar surface area (TPSA) is 108 Å². The molecule has 2 saturated carbocycles. The number of rotatable bonds is 8. The zero-order valence-corrected chi connectivity index (χ0v) is 27.9. The molecular formula is C37H46N6O4. The first kappa shape index (κ1) is 30.4. The van der Waals surface area contributed by atoms with Gasteiger partial charge in [0.2, 0.25) is 0 Å². The number of hydrogen-bond acceptors (Lipinski definition) is 6. The molecule has 2 aromatic heterocycles. The molecular weight excluding hydrogens is 592 g/mol. The molecule has 10 heteroatoms. The molecule has 2 N–H and O–H groups in total. The molecule has 4 aliphatic rings. The second-order valence-electron chi connectivity index (χ2n) is 14.3. The second-order valence-corrected chi connectivity index (χ2v) is 14.3. The van der Waals surface area contributed by atoms with E-state index in [-0.39, 0.29) is 23.9 Å². The standard InChI is InChI=1S/C37H46N6O4/c1-21(46-3)36(44)41-14-12-23(13-15-41)27-7-5-6-24-17-30(42(33(24)27)19-22-8-9-22)35-39-28-16-26(18-31(47-4)34(28)40(35)2)37(45)43-20-25-10-11-29(43)32(25)38/h5-7,16-18,21-23,25,29,32H,8-15,19-20,38H2,1-4H3/t21?,25-,29-,32-/m1/s1. The van der Waals surface area contributed by atoms with Crippen molar-refractivity contribution in [3.05, 3.63) is 47.5 Å². The number of aryl methyl sites for hydroxylation is 1. The first-order valence-electron chi connectivity index (χ1n) is 17.3. The van der Waals surface area contributed by atoms with Crippen molar-refractivity contribution < 1.29 is 19.1 Å². The summed E-state index contributed by atoms with van der Waals surface area (Å²) in [5.41, 5.74) is 12.4. The Labute approximate surface area is 275 Å². The molecule has 4 fully saturated rings. The maximum atomic E-state index is 13.8. The molecule has 1 unspecified atom stereocenters. The average molecular weight is 639 g/mol. The summed E-state index contributed by atoms with van der Waals surface area (Å²) < 4.78 is 15.8. The normalized spacial score (nSPS) is 23.7.